The van der Waals surface area contributed by atoms with Crippen LogP contribution in [0.25, 0.3) is 0 Å². The summed E-state index contributed by atoms with van der Waals surface area (Å²) in [7, 11) is -4.99. The monoisotopic (exact) mass is 414 g/mol. The van der Waals surface area contributed by atoms with Crippen LogP contribution in [-0.2, 0) is 13.8 Å². The smallest absolute Gasteiger partial charge is 0.387 e. The van der Waals surface area contributed by atoms with E-state index in [0.29, 0.717) is 18.9 Å². The van der Waals surface area contributed by atoms with Crippen molar-refractivity contribution in [2.75, 3.05) is 6.61 Å². The Hall–Kier alpha value is -0.0500. The van der Waals surface area contributed by atoms with Gasteiger partial charge in [0, 0.05) is 6.61 Å². The molecule has 5 unspecified atom stereocenters. The molecule has 0 rings (SSSR count). The third kappa shape index (κ3) is 13.7. The Labute approximate surface area is 163 Å². The third-order valence-electron chi connectivity index (χ3n) is 4.26. The molecule has 5 atom stereocenters. The molecule has 8 nitrogen and oxygen atoms in total. The van der Waals surface area contributed by atoms with Crippen molar-refractivity contribution in [1.82, 2.24) is 0 Å². The van der Waals surface area contributed by atoms with E-state index in [1.807, 2.05) is 6.92 Å². The first-order chi connectivity index (χ1) is 12.3. The fraction of sp³-hybridized carbons (Fsp3) is 1.00. The fourth-order valence-corrected chi connectivity index (χ4v) is 3.51. The molecule has 0 radical (unpaired) electrons. The minimum absolute atomic E-state index is 0.208. The number of aliphatic hydroxyl groups excluding tert-OH is 3. The highest BCUT2D eigenvalue weighted by atomic mass is 31.2. The molecule has 0 saturated carbocycles. The predicted molar refractivity (Wildman–Crippen MR) is 103 cm³/mol. The fourth-order valence-electron chi connectivity index (χ4n) is 3.11. The summed E-state index contributed by atoms with van der Waals surface area (Å²) < 4.78 is 20.6. The van der Waals surface area contributed by atoms with Gasteiger partial charge in [0.15, 0.2) is 6.29 Å². The van der Waals surface area contributed by atoms with Crippen molar-refractivity contribution >= 4 is 7.82 Å². The number of unbranched alkanes of at least 4 members (excludes halogenated alkanes) is 2. The molecular weight excluding hydrogens is 375 g/mol. The third-order valence-corrected chi connectivity index (χ3v) is 4.75. The SMILES string of the molecule is CCCCCC(OCCC(C)CC(C)(C)C)C(O)C(O)C(O)OP(=O)(O)O. The Bertz CT molecular complexity index is 434. The van der Waals surface area contributed by atoms with Crippen LogP contribution in [0, 0.1) is 11.3 Å². The quantitative estimate of drug-likeness (QED) is 0.166. The van der Waals surface area contributed by atoms with Gasteiger partial charge in [0.1, 0.15) is 12.2 Å². The van der Waals surface area contributed by atoms with Crippen LogP contribution in [0.2, 0.25) is 0 Å². The van der Waals surface area contributed by atoms with Gasteiger partial charge in [-0.25, -0.2) is 4.57 Å². The summed E-state index contributed by atoms with van der Waals surface area (Å²) in [5.74, 6) is 0.423. The highest BCUT2D eigenvalue weighted by Gasteiger charge is 2.35. The van der Waals surface area contributed by atoms with Gasteiger partial charge in [-0.3, -0.25) is 4.52 Å². The topological polar surface area (TPSA) is 137 Å². The number of rotatable bonds is 14. The number of ether oxygens (including phenoxy) is 1. The predicted octanol–water partition coefficient (Wildman–Crippen LogP) is 2.56. The minimum atomic E-state index is -4.99. The van der Waals surface area contributed by atoms with Crippen LogP contribution in [0.5, 0.6) is 0 Å². The van der Waals surface area contributed by atoms with Gasteiger partial charge < -0.3 is 29.8 Å². The summed E-state index contributed by atoms with van der Waals surface area (Å²) in [5.41, 5.74) is 0.208. The lowest BCUT2D eigenvalue weighted by Crippen LogP contribution is -2.46. The van der Waals surface area contributed by atoms with Crippen molar-refractivity contribution in [2.45, 2.75) is 97.7 Å². The lowest BCUT2D eigenvalue weighted by molar-refractivity contribution is -0.179. The van der Waals surface area contributed by atoms with Gasteiger partial charge in [0.25, 0.3) is 0 Å². The van der Waals surface area contributed by atoms with Crippen LogP contribution in [0.4, 0.5) is 0 Å². The highest BCUT2D eigenvalue weighted by molar-refractivity contribution is 7.46. The van der Waals surface area contributed by atoms with Crippen molar-refractivity contribution in [1.29, 1.82) is 0 Å². The van der Waals surface area contributed by atoms with E-state index in [2.05, 4.69) is 32.2 Å². The van der Waals surface area contributed by atoms with E-state index in [1.165, 1.54) is 0 Å². The molecule has 0 aliphatic heterocycles. The molecule has 164 valence electrons. The van der Waals surface area contributed by atoms with Crippen molar-refractivity contribution < 1.29 is 38.9 Å². The number of hydrogen-bond acceptors (Lipinski definition) is 6. The van der Waals surface area contributed by atoms with Gasteiger partial charge in [-0.2, -0.15) is 0 Å². The molecule has 0 aromatic heterocycles. The Morgan fingerprint density at radius 2 is 1.59 bits per heavy atom. The largest absolute Gasteiger partial charge is 0.472 e. The Morgan fingerprint density at radius 1 is 1.00 bits per heavy atom. The van der Waals surface area contributed by atoms with Crippen LogP contribution in [-0.4, -0.2) is 56.3 Å². The highest BCUT2D eigenvalue weighted by Crippen LogP contribution is 2.38. The van der Waals surface area contributed by atoms with Crippen LogP contribution >= 0.6 is 7.82 Å². The summed E-state index contributed by atoms with van der Waals surface area (Å²) >= 11 is 0. The van der Waals surface area contributed by atoms with Crippen LogP contribution in [0.3, 0.4) is 0 Å². The van der Waals surface area contributed by atoms with Crippen molar-refractivity contribution in [3.05, 3.63) is 0 Å². The van der Waals surface area contributed by atoms with E-state index >= 15 is 0 Å². The zero-order valence-electron chi connectivity index (χ0n) is 17.2. The van der Waals surface area contributed by atoms with E-state index in [1.54, 1.807) is 0 Å². The molecule has 5 N–H and O–H groups in total. The molecule has 0 aliphatic rings. The Morgan fingerprint density at radius 3 is 2.07 bits per heavy atom. The molecule has 0 saturated heterocycles. The molecule has 0 fully saturated rings. The van der Waals surface area contributed by atoms with Gasteiger partial charge in [0.05, 0.1) is 6.10 Å². The lowest BCUT2D eigenvalue weighted by Gasteiger charge is -2.30. The number of hydrogen-bond donors (Lipinski definition) is 5. The normalized spacial score (nSPS) is 18.7. The van der Waals surface area contributed by atoms with Crippen LogP contribution in [0.1, 0.15) is 73.1 Å². The number of phosphoric acid groups is 1. The summed E-state index contributed by atoms with van der Waals surface area (Å²) in [6.07, 6.45) is -1.47. The first-order valence-electron chi connectivity index (χ1n) is 9.66. The van der Waals surface area contributed by atoms with E-state index < -0.39 is 32.4 Å². The zero-order chi connectivity index (χ0) is 21.3. The molecule has 27 heavy (non-hydrogen) atoms. The zero-order valence-corrected chi connectivity index (χ0v) is 18.1. The average Bonchev–Trinajstić information content (AvgIpc) is 2.48. The van der Waals surface area contributed by atoms with E-state index in [0.717, 1.165) is 32.1 Å². The van der Waals surface area contributed by atoms with Crippen molar-refractivity contribution in [2.24, 2.45) is 11.3 Å². The molecule has 0 spiro atoms. The molecule has 0 aliphatic carbocycles. The van der Waals surface area contributed by atoms with Gasteiger partial charge in [0.2, 0.25) is 0 Å². The maximum Gasteiger partial charge on any atom is 0.472 e. The molecule has 0 aromatic rings. The van der Waals surface area contributed by atoms with E-state index in [9.17, 15) is 19.9 Å². The molecule has 0 aromatic carbocycles. The maximum atomic E-state index is 10.8. The van der Waals surface area contributed by atoms with Gasteiger partial charge in [-0.1, -0.05) is 53.9 Å². The molecule has 9 heteroatoms. The Kier molecular flexibility index (Phi) is 12.5. The molecule has 0 heterocycles. The first-order valence-corrected chi connectivity index (χ1v) is 11.2. The standard InChI is InChI=1S/C18H39O8P/c1-6-7-8-9-14(25-11-10-13(2)12-18(3,4)5)15(19)16(20)17(21)26-27(22,23)24/h13-17,19-21H,6-12H2,1-5H3,(H2,22,23,24). The second kappa shape index (κ2) is 12.5. The summed E-state index contributed by atoms with van der Waals surface area (Å²) in [6, 6.07) is 0. The van der Waals surface area contributed by atoms with Gasteiger partial charge >= 0.3 is 7.82 Å². The van der Waals surface area contributed by atoms with Gasteiger partial charge in [-0.15, -0.1) is 0 Å². The van der Waals surface area contributed by atoms with Crippen LogP contribution < -0.4 is 0 Å². The second-order valence-corrected chi connectivity index (χ2v) is 9.72. The summed E-state index contributed by atoms with van der Waals surface area (Å²) in [5, 5.41) is 29.9. The number of aliphatic hydroxyl groups is 3. The van der Waals surface area contributed by atoms with E-state index in [-0.39, 0.29) is 5.41 Å². The molecule has 0 amide bonds. The summed E-state index contributed by atoms with van der Waals surface area (Å²) in [6.45, 7) is 11.0. The average molecular weight is 414 g/mol. The van der Waals surface area contributed by atoms with Crippen molar-refractivity contribution in [3.63, 3.8) is 0 Å². The maximum absolute atomic E-state index is 10.8. The Balaban J connectivity index is 4.74. The first kappa shape index (κ1) is 27.0. The van der Waals surface area contributed by atoms with Crippen LogP contribution in [0.15, 0.2) is 0 Å². The minimum Gasteiger partial charge on any atom is -0.387 e. The van der Waals surface area contributed by atoms with E-state index in [4.69, 9.17) is 14.5 Å². The number of phosphoric ester groups is 1. The lowest BCUT2D eigenvalue weighted by atomic mass is 9.84. The second-order valence-electron chi connectivity index (χ2n) is 8.53. The van der Waals surface area contributed by atoms with Gasteiger partial charge in [-0.05, 0) is 30.6 Å². The summed E-state index contributed by atoms with van der Waals surface area (Å²) in [4.78, 5) is 17.5. The molecular formula is C18H39O8P. The molecule has 0 bridgehead atoms. The van der Waals surface area contributed by atoms with Crippen molar-refractivity contribution in [3.8, 4) is 0 Å².